The van der Waals surface area contributed by atoms with Gasteiger partial charge in [-0.2, -0.15) is 0 Å². The second-order valence-corrected chi connectivity index (χ2v) is 5.55. The van der Waals surface area contributed by atoms with Crippen molar-refractivity contribution >= 4 is 18.3 Å². The predicted octanol–water partition coefficient (Wildman–Crippen LogP) is 1.30. The zero-order valence-electron chi connectivity index (χ0n) is 12.8. The van der Waals surface area contributed by atoms with Crippen molar-refractivity contribution in [2.75, 3.05) is 11.9 Å². The summed E-state index contributed by atoms with van der Waals surface area (Å²) in [6.07, 6.45) is -0.272. The predicted molar refractivity (Wildman–Crippen MR) is 81.3 cm³/mol. The number of nitrogens with two attached hydrogens (primary N) is 1. The van der Waals surface area contributed by atoms with Gasteiger partial charge in [-0.05, 0) is 45.3 Å². The minimum absolute atomic E-state index is 0.0813. The number of nitrogens with zero attached hydrogens (tertiary/aromatic N) is 1. The molecular formula is C14H23BN2O3. The molecule has 0 saturated heterocycles. The van der Waals surface area contributed by atoms with E-state index in [-0.39, 0.29) is 12.2 Å². The van der Waals surface area contributed by atoms with Crippen LogP contribution >= 0.6 is 0 Å². The highest BCUT2D eigenvalue weighted by Gasteiger charge is 2.29. The van der Waals surface area contributed by atoms with Crippen molar-refractivity contribution < 1.29 is 14.0 Å². The highest BCUT2D eigenvalue weighted by molar-refractivity contribution is 6.61. The standard InChI is InChI=1S/C14H23BN2O3/c1-9(2)19-15(20-10(3)4)11-6-7-12-13(8-11)18-14(16)17(12)5/h6-10,14H,16H2,1-5H3. The Balaban J connectivity index is 2.24. The Hall–Kier alpha value is -1.24. The molecule has 1 aromatic carbocycles. The molecule has 0 bridgehead atoms. The molecule has 1 heterocycles. The maximum absolute atomic E-state index is 5.86. The average Bonchev–Trinajstić information content (AvgIpc) is 2.62. The largest absolute Gasteiger partial charge is 0.494 e. The lowest BCUT2D eigenvalue weighted by Crippen LogP contribution is -2.40. The fourth-order valence-electron chi connectivity index (χ4n) is 2.09. The Morgan fingerprint density at radius 2 is 1.80 bits per heavy atom. The smallest absolute Gasteiger partial charge is 0.455 e. The Kier molecular flexibility index (Phi) is 4.57. The van der Waals surface area contributed by atoms with Gasteiger partial charge in [-0.25, -0.2) is 0 Å². The maximum Gasteiger partial charge on any atom is 0.494 e. The maximum atomic E-state index is 5.86. The first-order valence-corrected chi connectivity index (χ1v) is 6.98. The van der Waals surface area contributed by atoms with Gasteiger partial charge in [-0.1, -0.05) is 6.07 Å². The van der Waals surface area contributed by atoms with Crippen molar-refractivity contribution in [2.24, 2.45) is 5.73 Å². The summed E-state index contributed by atoms with van der Waals surface area (Å²) in [5.41, 5.74) is 7.78. The van der Waals surface area contributed by atoms with Gasteiger partial charge in [0.2, 0.25) is 6.35 Å². The number of anilines is 1. The van der Waals surface area contributed by atoms with Crippen LogP contribution in [0.5, 0.6) is 5.75 Å². The third-order valence-corrected chi connectivity index (χ3v) is 3.06. The molecular weight excluding hydrogens is 255 g/mol. The van der Waals surface area contributed by atoms with E-state index in [0.717, 1.165) is 16.9 Å². The zero-order chi connectivity index (χ0) is 14.9. The highest BCUT2D eigenvalue weighted by atomic mass is 16.6. The van der Waals surface area contributed by atoms with E-state index in [1.165, 1.54) is 0 Å². The van der Waals surface area contributed by atoms with Gasteiger partial charge in [0, 0.05) is 19.3 Å². The summed E-state index contributed by atoms with van der Waals surface area (Å²) in [4.78, 5) is 1.89. The highest BCUT2D eigenvalue weighted by Crippen LogP contribution is 2.33. The van der Waals surface area contributed by atoms with Gasteiger partial charge in [0.05, 0.1) is 5.69 Å². The SMILES string of the molecule is CC(C)OB(OC(C)C)c1ccc2c(c1)OC(N)N2C. The minimum Gasteiger partial charge on any atom is -0.455 e. The summed E-state index contributed by atoms with van der Waals surface area (Å²) in [5.74, 6) is 0.766. The summed E-state index contributed by atoms with van der Waals surface area (Å²) in [5, 5.41) is 0. The summed E-state index contributed by atoms with van der Waals surface area (Å²) >= 11 is 0. The molecule has 2 N–H and O–H groups in total. The van der Waals surface area contributed by atoms with Crippen molar-refractivity contribution in [3.05, 3.63) is 18.2 Å². The van der Waals surface area contributed by atoms with Gasteiger partial charge in [0.25, 0.3) is 0 Å². The second-order valence-electron chi connectivity index (χ2n) is 5.55. The summed E-state index contributed by atoms with van der Waals surface area (Å²) in [6, 6.07) is 5.91. The molecule has 0 aliphatic carbocycles. The molecule has 5 nitrogen and oxygen atoms in total. The van der Waals surface area contributed by atoms with Gasteiger partial charge >= 0.3 is 7.12 Å². The molecule has 0 radical (unpaired) electrons. The van der Waals surface area contributed by atoms with Gasteiger partial charge in [-0.3, -0.25) is 5.73 Å². The van der Waals surface area contributed by atoms with Crippen LogP contribution in [0.3, 0.4) is 0 Å². The summed E-state index contributed by atoms with van der Waals surface area (Å²) in [7, 11) is 1.51. The first kappa shape index (κ1) is 15.2. The normalized spacial score (nSPS) is 17.6. The van der Waals surface area contributed by atoms with Crippen LogP contribution in [0, 0.1) is 0 Å². The van der Waals surface area contributed by atoms with Crippen molar-refractivity contribution in [3.63, 3.8) is 0 Å². The van der Waals surface area contributed by atoms with Crippen LogP contribution in [0.2, 0.25) is 0 Å². The Morgan fingerprint density at radius 1 is 1.20 bits per heavy atom. The van der Waals surface area contributed by atoms with Crippen LogP contribution < -0.4 is 20.8 Å². The lowest BCUT2D eigenvalue weighted by molar-refractivity contribution is 0.139. The molecule has 0 spiro atoms. The van der Waals surface area contributed by atoms with E-state index < -0.39 is 13.5 Å². The molecule has 0 amide bonds. The number of ether oxygens (including phenoxy) is 1. The molecule has 1 unspecified atom stereocenters. The van der Waals surface area contributed by atoms with Crippen LogP contribution in [-0.2, 0) is 9.31 Å². The number of hydrogen-bond acceptors (Lipinski definition) is 5. The van der Waals surface area contributed by atoms with E-state index in [1.807, 2.05) is 57.8 Å². The zero-order valence-corrected chi connectivity index (χ0v) is 12.8. The van der Waals surface area contributed by atoms with Crippen LogP contribution in [-0.4, -0.2) is 32.7 Å². The van der Waals surface area contributed by atoms with E-state index in [1.54, 1.807) is 0 Å². The first-order valence-electron chi connectivity index (χ1n) is 6.98. The van der Waals surface area contributed by atoms with Crippen LogP contribution in [0.25, 0.3) is 0 Å². The lowest BCUT2D eigenvalue weighted by atomic mass is 9.78. The van der Waals surface area contributed by atoms with E-state index in [4.69, 9.17) is 19.8 Å². The molecule has 6 heteroatoms. The Bertz CT molecular complexity index is 458. The van der Waals surface area contributed by atoms with E-state index in [9.17, 15) is 0 Å². The first-order chi connectivity index (χ1) is 9.38. The molecule has 110 valence electrons. The topological polar surface area (TPSA) is 57.0 Å². The number of fused-ring (bicyclic) bond motifs is 1. The quantitative estimate of drug-likeness (QED) is 0.823. The molecule has 0 saturated carbocycles. The molecule has 0 aromatic heterocycles. The molecule has 2 rings (SSSR count). The van der Waals surface area contributed by atoms with E-state index in [0.29, 0.717) is 0 Å². The number of rotatable bonds is 5. The van der Waals surface area contributed by atoms with Crippen LogP contribution in [0.15, 0.2) is 18.2 Å². The van der Waals surface area contributed by atoms with Crippen LogP contribution in [0.1, 0.15) is 27.7 Å². The van der Waals surface area contributed by atoms with Crippen LogP contribution in [0.4, 0.5) is 5.69 Å². The monoisotopic (exact) mass is 278 g/mol. The molecule has 1 atom stereocenters. The van der Waals surface area contributed by atoms with Gasteiger partial charge < -0.3 is 18.9 Å². The van der Waals surface area contributed by atoms with Crippen molar-refractivity contribution in [3.8, 4) is 5.75 Å². The van der Waals surface area contributed by atoms with E-state index >= 15 is 0 Å². The number of hydrogen-bond donors (Lipinski definition) is 1. The molecule has 1 aliphatic heterocycles. The Labute approximate surface area is 121 Å². The van der Waals surface area contributed by atoms with Gasteiger partial charge in [-0.15, -0.1) is 0 Å². The lowest BCUT2D eigenvalue weighted by Gasteiger charge is -2.20. The Morgan fingerprint density at radius 3 is 2.35 bits per heavy atom. The fraction of sp³-hybridized carbons (Fsp3) is 0.571. The van der Waals surface area contributed by atoms with Gasteiger partial charge in [0.15, 0.2) is 0 Å². The second kappa shape index (κ2) is 6.03. The molecule has 0 fully saturated rings. The van der Waals surface area contributed by atoms with E-state index in [2.05, 4.69) is 0 Å². The summed E-state index contributed by atoms with van der Waals surface area (Å²) < 4.78 is 17.3. The fourth-order valence-corrected chi connectivity index (χ4v) is 2.09. The van der Waals surface area contributed by atoms with Crippen molar-refractivity contribution in [2.45, 2.75) is 46.3 Å². The van der Waals surface area contributed by atoms with Crippen molar-refractivity contribution in [1.29, 1.82) is 0 Å². The molecule has 1 aliphatic rings. The summed E-state index contributed by atoms with van der Waals surface area (Å²) in [6.45, 7) is 7.96. The van der Waals surface area contributed by atoms with Crippen molar-refractivity contribution in [1.82, 2.24) is 0 Å². The third kappa shape index (κ3) is 3.26. The third-order valence-electron chi connectivity index (χ3n) is 3.06. The molecule has 20 heavy (non-hydrogen) atoms. The minimum atomic E-state index is -0.435. The molecule has 1 aromatic rings. The average molecular weight is 278 g/mol. The van der Waals surface area contributed by atoms with Gasteiger partial charge in [0.1, 0.15) is 5.75 Å². The number of benzene rings is 1.